The molecule has 0 spiro atoms. The molecule has 3 nitrogen and oxygen atoms in total. The van der Waals surface area contributed by atoms with Crippen molar-refractivity contribution in [2.24, 2.45) is 10.9 Å². The molecule has 2 rings (SSSR count). The SMILES string of the molecule is CNCC1CCC2N=CN(C)C2C1. The highest BCUT2D eigenvalue weighted by Gasteiger charge is 2.34. The minimum Gasteiger partial charge on any atom is -0.361 e. The Labute approximate surface area is 80.2 Å². The molecule has 1 fully saturated rings. The maximum atomic E-state index is 4.51. The van der Waals surface area contributed by atoms with Crippen LogP contribution in [0.15, 0.2) is 4.99 Å². The first-order valence-electron chi connectivity index (χ1n) is 5.21. The van der Waals surface area contributed by atoms with Crippen LogP contribution in [0, 0.1) is 5.92 Å². The van der Waals surface area contributed by atoms with Gasteiger partial charge in [0.15, 0.2) is 0 Å². The minimum absolute atomic E-state index is 0.595. The van der Waals surface area contributed by atoms with Crippen molar-refractivity contribution in [2.45, 2.75) is 31.3 Å². The molecule has 1 saturated carbocycles. The van der Waals surface area contributed by atoms with Crippen LogP contribution in [0.3, 0.4) is 0 Å². The second-order valence-corrected chi connectivity index (χ2v) is 4.30. The van der Waals surface area contributed by atoms with Crippen LogP contribution in [0.25, 0.3) is 0 Å². The number of aliphatic imine (C=N–C) groups is 1. The van der Waals surface area contributed by atoms with Crippen LogP contribution in [-0.4, -0.2) is 44.0 Å². The van der Waals surface area contributed by atoms with E-state index in [9.17, 15) is 0 Å². The van der Waals surface area contributed by atoms with E-state index in [1.54, 1.807) is 0 Å². The molecule has 1 N–H and O–H groups in total. The van der Waals surface area contributed by atoms with E-state index in [-0.39, 0.29) is 0 Å². The zero-order chi connectivity index (χ0) is 9.26. The quantitative estimate of drug-likeness (QED) is 0.679. The van der Waals surface area contributed by atoms with Gasteiger partial charge in [-0.3, -0.25) is 4.99 Å². The summed E-state index contributed by atoms with van der Waals surface area (Å²) in [6.07, 6.45) is 5.93. The normalized spacial score (nSPS) is 38.0. The molecule has 3 atom stereocenters. The number of likely N-dealkylation sites (N-methyl/N-ethyl adjacent to an activating group) is 1. The summed E-state index contributed by atoms with van der Waals surface area (Å²) in [4.78, 5) is 6.80. The van der Waals surface area contributed by atoms with E-state index in [0.29, 0.717) is 12.1 Å². The molecule has 0 radical (unpaired) electrons. The average Bonchev–Trinajstić information content (AvgIpc) is 2.49. The van der Waals surface area contributed by atoms with Gasteiger partial charge in [-0.1, -0.05) is 0 Å². The lowest BCUT2D eigenvalue weighted by Crippen LogP contribution is -2.41. The fraction of sp³-hybridized carbons (Fsp3) is 0.900. The molecule has 1 aliphatic carbocycles. The Balaban J connectivity index is 1.92. The maximum absolute atomic E-state index is 4.51. The van der Waals surface area contributed by atoms with Crippen LogP contribution in [0.2, 0.25) is 0 Å². The monoisotopic (exact) mass is 181 g/mol. The predicted octanol–water partition coefficient (Wildman–Crippen LogP) is 0.717. The number of hydrogen-bond acceptors (Lipinski definition) is 3. The molecule has 1 heterocycles. The molecule has 3 heteroatoms. The topological polar surface area (TPSA) is 27.6 Å². The zero-order valence-electron chi connectivity index (χ0n) is 8.53. The molecule has 0 aromatic heterocycles. The van der Waals surface area contributed by atoms with E-state index in [4.69, 9.17) is 0 Å². The standard InChI is InChI=1S/C10H19N3/c1-11-6-8-3-4-9-10(5-8)13(2)7-12-9/h7-11H,3-6H2,1-2H3. The van der Waals surface area contributed by atoms with E-state index in [1.165, 1.54) is 19.3 Å². The van der Waals surface area contributed by atoms with Gasteiger partial charge >= 0.3 is 0 Å². The first kappa shape index (κ1) is 9.00. The van der Waals surface area contributed by atoms with E-state index in [1.807, 2.05) is 13.4 Å². The first-order valence-corrected chi connectivity index (χ1v) is 5.21. The van der Waals surface area contributed by atoms with E-state index < -0.39 is 0 Å². The summed E-state index contributed by atoms with van der Waals surface area (Å²) < 4.78 is 0. The van der Waals surface area contributed by atoms with Crippen molar-refractivity contribution < 1.29 is 0 Å². The predicted molar refractivity (Wildman–Crippen MR) is 55.1 cm³/mol. The maximum Gasteiger partial charge on any atom is 0.0854 e. The molecule has 0 amide bonds. The third kappa shape index (κ3) is 1.70. The second-order valence-electron chi connectivity index (χ2n) is 4.30. The molecule has 2 aliphatic rings. The smallest absolute Gasteiger partial charge is 0.0854 e. The largest absolute Gasteiger partial charge is 0.361 e. The summed E-state index contributed by atoms with van der Waals surface area (Å²) in [5.41, 5.74) is 0. The average molecular weight is 181 g/mol. The Morgan fingerprint density at radius 2 is 2.38 bits per heavy atom. The van der Waals surface area contributed by atoms with Crippen molar-refractivity contribution in [3.8, 4) is 0 Å². The lowest BCUT2D eigenvalue weighted by Gasteiger charge is -2.34. The van der Waals surface area contributed by atoms with E-state index in [2.05, 4.69) is 22.3 Å². The number of nitrogens with zero attached hydrogens (tertiary/aromatic N) is 2. The van der Waals surface area contributed by atoms with Gasteiger partial charge in [0.2, 0.25) is 0 Å². The lowest BCUT2D eigenvalue weighted by atomic mass is 9.82. The van der Waals surface area contributed by atoms with Gasteiger partial charge in [0, 0.05) is 7.05 Å². The van der Waals surface area contributed by atoms with Crippen molar-refractivity contribution in [3.05, 3.63) is 0 Å². The third-order valence-electron chi connectivity index (χ3n) is 3.35. The highest BCUT2D eigenvalue weighted by atomic mass is 15.2. The molecule has 0 aromatic rings. The van der Waals surface area contributed by atoms with Crippen LogP contribution in [-0.2, 0) is 0 Å². The van der Waals surface area contributed by atoms with Crippen LogP contribution in [0.5, 0.6) is 0 Å². The van der Waals surface area contributed by atoms with Gasteiger partial charge in [-0.25, -0.2) is 0 Å². The van der Waals surface area contributed by atoms with Crippen molar-refractivity contribution in [2.75, 3.05) is 20.6 Å². The van der Waals surface area contributed by atoms with Crippen molar-refractivity contribution in [3.63, 3.8) is 0 Å². The van der Waals surface area contributed by atoms with Crippen LogP contribution >= 0.6 is 0 Å². The molecule has 3 unspecified atom stereocenters. The first-order chi connectivity index (χ1) is 6.31. The fourth-order valence-corrected chi connectivity index (χ4v) is 2.58. The summed E-state index contributed by atoms with van der Waals surface area (Å²) in [5.74, 6) is 0.857. The minimum atomic E-state index is 0.595. The summed E-state index contributed by atoms with van der Waals surface area (Å²) >= 11 is 0. The number of hydrogen-bond donors (Lipinski definition) is 1. The van der Waals surface area contributed by atoms with Gasteiger partial charge in [-0.2, -0.15) is 0 Å². The Hall–Kier alpha value is -0.570. The van der Waals surface area contributed by atoms with Gasteiger partial charge in [0.25, 0.3) is 0 Å². The number of fused-ring (bicyclic) bond motifs is 1. The summed E-state index contributed by atoms with van der Waals surface area (Å²) in [5, 5.41) is 3.27. The van der Waals surface area contributed by atoms with Crippen LogP contribution in [0.1, 0.15) is 19.3 Å². The molecule has 74 valence electrons. The fourth-order valence-electron chi connectivity index (χ4n) is 2.58. The Morgan fingerprint density at radius 3 is 3.15 bits per heavy atom. The highest BCUT2D eigenvalue weighted by molar-refractivity contribution is 5.58. The van der Waals surface area contributed by atoms with Crippen LogP contribution in [0.4, 0.5) is 0 Å². The molecule has 0 bridgehead atoms. The Kier molecular flexibility index (Phi) is 2.54. The highest BCUT2D eigenvalue weighted by Crippen LogP contribution is 2.31. The van der Waals surface area contributed by atoms with Crippen molar-refractivity contribution >= 4 is 6.34 Å². The molecule has 0 aromatic carbocycles. The summed E-state index contributed by atoms with van der Waals surface area (Å²) in [7, 11) is 4.19. The van der Waals surface area contributed by atoms with Gasteiger partial charge in [0.1, 0.15) is 0 Å². The van der Waals surface area contributed by atoms with Crippen molar-refractivity contribution in [1.29, 1.82) is 0 Å². The van der Waals surface area contributed by atoms with Gasteiger partial charge in [0.05, 0.1) is 18.4 Å². The Morgan fingerprint density at radius 1 is 1.54 bits per heavy atom. The molecular weight excluding hydrogens is 162 g/mol. The van der Waals surface area contributed by atoms with Gasteiger partial charge in [-0.15, -0.1) is 0 Å². The van der Waals surface area contributed by atoms with Gasteiger partial charge in [-0.05, 0) is 38.8 Å². The zero-order valence-corrected chi connectivity index (χ0v) is 8.53. The van der Waals surface area contributed by atoms with E-state index in [0.717, 1.165) is 12.5 Å². The number of nitrogens with one attached hydrogen (secondary N) is 1. The Bertz CT molecular complexity index is 202. The molecule has 1 aliphatic heterocycles. The lowest BCUT2D eigenvalue weighted by molar-refractivity contribution is 0.218. The second kappa shape index (κ2) is 3.66. The number of rotatable bonds is 2. The van der Waals surface area contributed by atoms with Gasteiger partial charge < -0.3 is 10.2 Å². The van der Waals surface area contributed by atoms with E-state index >= 15 is 0 Å². The van der Waals surface area contributed by atoms with Crippen molar-refractivity contribution in [1.82, 2.24) is 10.2 Å². The van der Waals surface area contributed by atoms with Crippen LogP contribution < -0.4 is 5.32 Å². The third-order valence-corrected chi connectivity index (χ3v) is 3.35. The summed E-state index contributed by atoms with van der Waals surface area (Å²) in [6, 6.07) is 1.28. The molecule has 13 heavy (non-hydrogen) atoms. The summed E-state index contributed by atoms with van der Waals surface area (Å²) in [6.45, 7) is 1.16. The molecular formula is C10H19N3. The molecule has 0 saturated heterocycles.